The van der Waals surface area contributed by atoms with Crippen molar-refractivity contribution >= 4 is 23.4 Å². The number of pyridine rings is 1. The van der Waals surface area contributed by atoms with E-state index in [1.807, 2.05) is 6.20 Å². The summed E-state index contributed by atoms with van der Waals surface area (Å²) < 4.78 is 21.2. The van der Waals surface area contributed by atoms with Gasteiger partial charge in [0, 0.05) is 40.7 Å². The lowest BCUT2D eigenvalue weighted by atomic mass is 10.1. The molecule has 1 aliphatic rings. The van der Waals surface area contributed by atoms with Crippen molar-refractivity contribution in [1.29, 1.82) is 0 Å². The Kier molecular flexibility index (Phi) is 5.34. The van der Waals surface area contributed by atoms with Crippen LogP contribution < -0.4 is 10.5 Å². The number of nitrogen functional groups attached to an aromatic ring is 1. The van der Waals surface area contributed by atoms with Crippen LogP contribution in [0.5, 0.6) is 5.75 Å². The first-order valence-corrected chi connectivity index (χ1v) is 9.82. The van der Waals surface area contributed by atoms with Gasteiger partial charge in [0.15, 0.2) is 11.6 Å². The van der Waals surface area contributed by atoms with E-state index in [1.54, 1.807) is 30.1 Å². The van der Waals surface area contributed by atoms with Crippen molar-refractivity contribution < 1.29 is 19.0 Å². The molecule has 3 atom stereocenters. The quantitative estimate of drug-likeness (QED) is 0.582. The Morgan fingerprint density at radius 1 is 1.40 bits per heavy atom. The predicted molar refractivity (Wildman–Crippen MR) is 110 cm³/mol. The van der Waals surface area contributed by atoms with Crippen molar-refractivity contribution in [2.24, 2.45) is 11.8 Å². The molecule has 30 heavy (non-hydrogen) atoms. The topological polar surface area (TPSA) is 103 Å². The lowest BCUT2D eigenvalue weighted by Crippen LogP contribution is -2.07. The Morgan fingerprint density at radius 2 is 2.20 bits per heavy atom. The van der Waals surface area contributed by atoms with E-state index < -0.39 is 17.9 Å². The van der Waals surface area contributed by atoms with Crippen molar-refractivity contribution in [1.82, 2.24) is 14.8 Å². The van der Waals surface area contributed by atoms with E-state index in [9.17, 15) is 9.18 Å². The third kappa shape index (κ3) is 4.23. The third-order valence-corrected chi connectivity index (χ3v) is 5.55. The van der Waals surface area contributed by atoms with Crippen molar-refractivity contribution in [3.63, 3.8) is 0 Å². The Balaban J connectivity index is 1.51. The molecule has 0 aliphatic heterocycles. The van der Waals surface area contributed by atoms with Crippen LogP contribution in [0.2, 0.25) is 5.02 Å². The minimum atomic E-state index is -0.760. The van der Waals surface area contributed by atoms with E-state index in [4.69, 9.17) is 27.2 Å². The van der Waals surface area contributed by atoms with Gasteiger partial charge in [0.25, 0.3) is 0 Å². The summed E-state index contributed by atoms with van der Waals surface area (Å²) in [6.45, 7) is 2.30. The molecule has 0 amide bonds. The molecule has 1 saturated carbocycles. The lowest BCUT2D eigenvalue weighted by Gasteiger charge is -2.18. The second-order valence-electron chi connectivity index (χ2n) is 7.42. The first-order valence-electron chi connectivity index (χ1n) is 9.44. The highest BCUT2D eigenvalue weighted by Gasteiger charge is 2.43. The maximum atomic E-state index is 13.6. The molecule has 9 heteroatoms. The minimum absolute atomic E-state index is 0.107. The monoisotopic (exact) mass is 430 g/mol. The van der Waals surface area contributed by atoms with Crippen molar-refractivity contribution in [2.75, 3.05) is 5.73 Å². The van der Waals surface area contributed by atoms with Crippen LogP contribution in [0.4, 0.5) is 10.2 Å². The molecule has 0 spiro atoms. The highest BCUT2D eigenvalue weighted by atomic mass is 35.5. The van der Waals surface area contributed by atoms with E-state index in [-0.39, 0.29) is 17.7 Å². The number of nitrogens with two attached hydrogens (primary N) is 1. The van der Waals surface area contributed by atoms with Gasteiger partial charge in [-0.3, -0.25) is 9.48 Å². The molecule has 1 aromatic carbocycles. The molecule has 156 valence electrons. The number of rotatable bonds is 7. The van der Waals surface area contributed by atoms with Crippen LogP contribution in [0.25, 0.3) is 11.1 Å². The number of hydrogen-bond acceptors (Lipinski definition) is 5. The van der Waals surface area contributed by atoms with Gasteiger partial charge in [0.05, 0.1) is 12.1 Å². The third-order valence-electron chi connectivity index (χ3n) is 5.21. The summed E-state index contributed by atoms with van der Waals surface area (Å²) in [5, 5.41) is 13.7. The Morgan fingerprint density at radius 3 is 2.93 bits per heavy atom. The summed E-state index contributed by atoms with van der Waals surface area (Å²) in [6, 6.07) is 5.83. The fraction of sp³-hybridized carbons (Fsp3) is 0.286. The molecule has 1 fully saturated rings. The number of carbonyl (C=O) groups is 1. The second kappa shape index (κ2) is 7.95. The van der Waals surface area contributed by atoms with Gasteiger partial charge < -0.3 is 15.6 Å². The molecule has 3 N–H and O–H groups in total. The summed E-state index contributed by atoms with van der Waals surface area (Å²) in [5.41, 5.74) is 8.02. The molecule has 0 radical (unpaired) electrons. The number of hydrogen-bond donors (Lipinski definition) is 2. The highest BCUT2D eigenvalue weighted by molar-refractivity contribution is 6.31. The number of aliphatic carboxylic acids is 1. The SMILES string of the molecule is CC(Oc1cc(-c2cnn(CC3CC3C(=O)O)c2)cnc1N)c1cc(F)ccc1Cl. The zero-order chi connectivity index (χ0) is 21.4. The van der Waals surface area contributed by atoms with Crippen LogP contribution >= 0.6 is 11.6 Å². The van der Waals surface area contributed by atoms with Crippen LogP contribution in [0.3, 0.4) is 0 Å². The first kappa shape index (κ1) is 20.2. The van der Waals surface area contributed by atoms with E-state index in [0.29, 0.717) is 29.3 Å². The standard InChI is InChI=1S/C21H20ClFN4O3/c1-11(16-6-15(23)2-3-18(16)22)30-19-5-12(7-25-20(19)24)14-8-26-27(10-14)9-13-4-17(13)21(28)29/h2-3,5-8,10-11,13,17H,4,9H2,1H3,(H2,24,25)(H,28,29). The molecule has 2 heterocycles. The molecule has 0 saturated heterocycles. The van der Waals surface area contributed by atoms with Crippen molar-refractivity contribution in [3.05, 3.63) is 59.3 Å². The number of benzene rings is 1. The maximum Gasteiger partial charge on any atom is 0.306 e. The lowest BCUT2D eigenvalue weighted by molar-refractivity contribution is -0.138. The summed E-state index contributed by atoms with van der Waals surface area (Å²) in [7, 11) is 0. The number of carboxylic acids is 1. The molecular formula is C21H20ClFN4O3. The van der Waals surface area contributed by atoms with Gasteiger partial charge in [-0.15, -0.1) is 0 Å². The number of halogens is 2. The minimum Gasteiger partial charge on any atom is -0.482 e. The molecule has 0 bridgehead atoms. The van der Waals surface area contributed by atoms with Gasteiger partial charge in [0.1, 0.15) is 11.9 Å². The van der Waals surface area contributed by atoms with Gasteiger partial charge in [-0.25, -0.2) is 9.37 Å². The summed E-state index contributed by atoms with van der Waals surface area (Å²) >= 11 is 6.16. The molecule has 1 aliphatic carbocycles. The second-order valence-corrected chi connectivity index (χ2v) is 7.83. The molecular weight excluding hydrogens is 411 g/mol. The molecule has 4 rings (SSSR count). The molecule has 7 nitrogen and oxygen atoms in total. The molecule has 3 unspecified atom stereocenters. The van der Waals surface area contributed by atoms with Crippen LogP contribution in [0.1, 0.15) is 25.0 Å². The molecule has 3 aromatic rings. The van der Waals surface area contributed by atoms with E-state index in [1.165, 1.54) is 18.2 Å². The zero-order valence-electron chi connectivity index (χ0n) is 16.1. The average molecular weight is 431 g/mol. The Bertz CT molecular complexity index is 1100. The number of anilines is 1. The van der Waals surface area contributed by atoms with Crippen LogP contribution in [0.15, 0.2) is 42.9 Å². The van der Waals surface area contributed by atoms with Gasteiger partial charge in [-0.1, -0.05) is 11.6 Å². The summed E-state index contributed by atoms with van der Waals surface area (Å²) in [5.74, 6) is -0.793. The van der Waals surface area contributed by atoms with Gasteiger partial charge in [-0.2, -0.15) is 5.10 Å². The van der Waals surface area contributed by atoms with E-state index >= 15 is 0 Å². The average Bonchev–Trinajstić information content (AvgIpc) is 3.32. The van der Waals surface area contributed by atoms with E-state index in [2.05, 4.69) is 10.1 Å². The van der Waals surface area contributed by atoms with Crippen molar-refractivity contribution in [2.45, 2.75) is 26.0 Å². The number of aromatic nitrogens is 3. The Labute approximate surface area is 177 Å². The van der Waals surface area contributed by atoms with Gasteiger partial charge in [-0.05, 0) is 43.5 Å². The largest absolute Gasteiger partial charge is 0.482 e. The highest BCUT2D eigenvalue weighted by Crippen LogP contribution is 2.40. The summed E-state index contributed by atoms with van der Waals surface area (Å²) in [4.78, 5) is 15.2. The van der Waals surface area contributed by atoms with E-state index in [0.717, 1.165) is 11.1 Å². The van der Waals surface area contributed by atoms with Crippen LogP contribution in [0, 0.1) is 17.7 Å². The fourth-order valence-electron chi connectivity index (χ4n) is 3.39. The number of ether oxygens (including phenoxy) is 1. The van der Waals surface area contributed by atoms with Gasteiger partial charge in [0.2, 0.25) is 0 Å². The maximum absolute atomic E-state index is 13.6. The van der Waals surface area contributed by atoms with Crippen LogP contribution in [-0.2, 0) is 11.3 Å². The normalized spacial score (nSPS) is 18.8. The zero-order valence-corrected chi connectivity index (χ0v) is 16.9. The summed E-state index contributed by atoms with van der Waals surface area (Å²) in [6.07, 6.45) is 5.26. The predicted octanol–water partition coefficient (Wildman–Crippen LogP) is 4.18. The number of carboxylic acid groups (broad SMARTS) is 1. The van der Waals surface area contributed by atoms with Crippen LogP contribution in [-0.4, -0.2) is 25.8 Å². The molecule has 2 aromatic heterocycles. The fourth-order valence-corrected chi connectivity index (χ4v) is 3.66. The Hall–Kier alpha value is -3.13. The smallest absolute Gasteiger partial charge is 0.306 e. The first-order chi connectivity index (χ1) is 14.3. The number of nitrogens with zero attached hydrogens (tertiary/aromatic N) is 3. The van der Waals surface area contributed by atoms with Crippen molar-refractivity contribution in [3.8, 4) is 16.9 Å². The van der Waals surface area contributed by atoms with Gasteiger partial charge >= 0.3 is 5.97 Å².